The average molecular weight is 579 g/mol. The molecule has 208 valence electrons. The number of nitrogens with zero attached hydrogens (tertiary/aromatic N) is 2. The Labute approximate surface area is 245 Å². The Morgan fingerprint density at radius 1 is 0.952 bits per heavy atom. The van der Waals surface area contributed by atoms with Gasteiger partial charge in [0, 0.05) is 34.6 Å². The van der Waals surface area contributed by atoms with Crippen molar-refractivity contribution in [1.82, 2.24) is 15.2 Å². The van der Waals surface area contributed by atoms with Crippen LogP contribution in [0.5, 0.6) is 0 Å². The highest BCUT2D eigenvalue weighted by atomic mass is 35.5. The Morgan fingerprint density at radius 3 is 2.52 bits per heavy atom. The van der Waals surface area contributed by atoms with Crippen LogP contribution in [-0.4, -0.2) is 33.8 Å². The minimum atomic E-state index is -0.775. The number of nitrogens with one attached hydrogen (secondary N) is 2. The molecule has 2 aliphatic heterocycles. The second kappa shape index (κ2) is 10.2. The lowest BCUT2D eigenvalue weighted by Gasteiger charge is -2.36. The standard InChI is InChI=1S/C33H24ClFN4O3/c34-21-7-5-6-20(16-21)30-29-25(23-8-1-3-10-26(23)37-29)17-28-32(41)39(33(42)38(28)30)27-11-4-2-9-24(27)31(40)36-18-19-12-14-22(35)15-13-19/h1-16,28,30,37H,17-18H2,(H,36,40)/t28-,30+/m0/s1. The molecule has 5 aromatic rings. The van der Waals surface area contributed by atoms with Crippen LogP contribution in [0.15, 0.2) is 97.1 Å². The van der Waals surface area contributed by atoms with E-state index in [0.717, 1.165) is 32.6 Å². The van der Waals surface area contributed by atoms with E-state index in [2.05, 4.69) is 10.3 Å². The molecule has 0 bridgehead atoms. The smallest absolute Gasteiger partial charge is 0.332 e. The molecule has 2 N–H and O–H groups in total. The van der Waals surface area contributed by atoms with Gasteiger partial charge in [0.05, 0.1) is 11.3 Å². The number of hydrogen-bond acceptors (Lipinski definition) is 3. The fourth-order valence-corrected chi connectivity index (χ4v) is 6.26. The van der Waals surface area contributed by atoms with Crippen LogP contribution in [0.25, 0.3) is 10.9 Å². The van der Waals surface area contributed by atoms with Crippen LogP contribution in [0.2, 0.25) is 5.02 Å². The van der Waals surface area contributed by atoms with Crippen LogP contribution < -0.4 is 10.2 Å². The van der Waals surface area contributed by atoms with Crippen molar-refractivity contribution < 1.29 is 18.8 Å². The molecule has 4 aromatic carbocycles. The number of hydrogen-bond donors (Lipinski definition) is 2. The van der Waals surface area contributed by atoms with E-state index in [9.17, 15) is 18.8 Å². The first-order valence-electron chi connectivity index (χ1n) is 13.5. The normalized spacial score (nSPS) is 17.9. The third kappa shape index (κ3) is 4.23. The molecule has 1 fully saturated rings. The summed E-state index contributed by atoms with van der Waals surface area (Å²) in [5.41, 5.74) is 4.61. The Kier molecular flexibility index (Phi) is 6.28. The number of rotatable bonds is 5. The van der Waals surface area contributed by atoms with E-state index in [1.54, 1.807) is 53.4 Å². The maximum atomic E-state index is 14.2. The summed E-state index contributed by atoms with van der Waals surface area (Å²) in [6.45, 7) is 0.155. The first kappa shape index (κ1) is 26.0. The van der Waals surface area contributed by atoms with E-state index in [-0.39, 0.29) is 23.6 Å². The van der Waals surface area contributed by atoms with Gasteiger partial charge in [-0.05, 0) is 59.2 Å². The lowest BCUT2D eigenvalue weighted by atomic mass is 9.89. The molecule has 42 heavy (non-hydrogen) atoms. The van der Waals surface area contributed by atoms with Crippen molar-refractivity contribution in [1.29, 1.82) is 0 Å². The maximum Gasteiger partial charge on any atom is 0.332 e. The number of para-hydroxylation sites is 2. The molecule has 4 amide bonds. The number of aromatic amines is 1. The van der Waals surface area contributed by atoms with Crippen LogP contribution in [0, 0.1) is 5.82 Å². The molecule has 0 spiro atoms. The Morgan fingerprint density at radius 2 is 1.71 bits per heavy atom. The van der Waals surface area contributed by atoms with E-state index in [0.29, 0.717) is 17.0 Å². The molecule has 3 heterocycles. The van der Waals surface area contributed by atoms with Gasteiger partial charge >= 0.3 is 6.03 Å². The van der Waals surface area contributed by atoms with Crippen molar-refractivity contribution in [2.45, 2.75) is 25.0 Å². The molecular weight excluding hydrogens is 555 g/mol. The number of imide groups is 1. The van der Waals surface area contributed by atoms with Gasteiger partial charge in [0.25, 0.3) is 11.8 Å². The fourth-order valence-electron chi connectivity index (χ4n) is 6.06. The third-order valence-corrected chi connectivity index (χ3v) is 8.20. The number of urea groups is 1. The van der Waals surface area contributed by atoms with Gasteiger partial charge in [0.15, 0.2) is 0 Å². The van der Waals surface area contributed by atoms with Gasteiger partial charge in [-0.2, -0.15) is 0 Å². The van der Waals surface area contributed by atoms with Gasteiger partial charge < -0.3 is 10.3 Å². The molecule has 1 saturated heterocycles. The van der Waals surface area contributed by atoms with Gasteiger partial charge in [-0.3, -0.25) is 14.5 Å². The summed E-state index contributed by atoms with van der Waals surface area (Å²) in [5.74, 6) is -1.22. The van der Waals surface area contributed by atoms with Crippen molar-refractivity contribution in [3.05, 3.63) is 136 Å². The molecular formula is C33H24ClFN4O3. The van der Waals surface area contributed by atoms with E-state index >= 15 is 0 Å². The minimum absolute atomic E-state index is 0.155. The average Bonchev–Trinajstić information content (AvgIpc) is 3.49. The zero-order chi connectivity index (χ0) is 29.0. The van der Waals surface area contributed by atoms with Crippen molar-refractivity contribution >= 4 is 46.0 Å². The predicted molar refractivity (Wildman–Crippen MR) is 158 cm³/mol. The van der Waals surface area contributed by atoms with Gasteiger partial charge in [-0.15, -0.1) is 0 Å². The lowest BCUT2D eigenvalue weighted by molar-refractivity contribution is -0.120. The van der Waals surface area contributed by atoms with Crippen molar-refractivity contribution in [3.8, 4) is 0 Å². The summed E-state index contributed by atoms with van der Waals surface area (Å²) < 4.78 is 13.3. The summed E-state index contributed by atoms with van der Waals surface area (Å²) in [7, 11) is 0. The van der Waals surface area contributed by atoms with E-state index < -0.39 is 29.9 Å². The van der Waals surface area contributed by atoms with Crippen LogP contribution in [-0.2, 0) is 17.8 Å². The number of benzene rings is 4. The molecule has 0 saturated carbocycles. The summed E-state index contributed by atoms with van der Waals surface area (Å²) in [6, 6.07) is 25.6. The summed E-state index contributed by atoms with van der Waals surface area (Å²) in [6.07, 6.45) is 0.330. The number of carbonyl (C=O) groups excluding carboxylic acids is 3. The van der Waals surface area contributed by atoms with Crippen LogP contribution in [0.3, 0.4) is 0 Å². The maximum absolute atomic E-state index is 14.2. The third-order valence-electron chi connectivity index (χ3n) is 7.97. The number of aromatic nitrogens is 1. The SMILES string of the molecule is O=C(NCc1ccc(F)cc1)c1ccccc1N1C(=O)[C@@H]2Cc3c([nH]c4ccccc34)[C@@H](c3cccc(Cl)c3)N2C1=O. The van der Waals surface area contributed by atoms with Crippen LogP contribution in [0.4, 0.5) is 14.9 Å². The zero-order valence-electron chi connectivity index (χ0n) is 22.2. The molecule has 0 aliphatic carbocycles. The number of H-pyrrole nitrogens is 1. The monoisotopic (exact) mass is 578 g/mol. The minimum Gasteiger partial charge on any atom is -0.356 e. The highest BCUT2D eigenvalue weighted by Crippen LogP contribution is 2.45. The van der Waals surface area contributed by atoms with Gasteiger partial charge in [-0.25, -0.2) is 14.1 Å². The topological polar surface area (TPSA) is 85.5 Å². The first-order valence-corrected chi connectivity index (χ1v) is 13.9. The number of carbonyl (C=O) groups is 3. The van der Waals surface area contributed by atoms with Crippen molar-refractivity contribution in [2.75, 3.05) is 4.90 Å². The first-order chi connectivity index (χ1) is 20.4. The molecule has 1 aromatic heterocycles. The second-order valence-electron chi connectivity index (χ2n) is 10.4. The van der Waals surface area contributed by atoms with Gasteiger partial charge in [-0.1, -0.05) is 66.2 Å². The molecule has 0 unspecified atom stereocenters. The Hall–Kier alpha value is -4.95. The van der Waals surface area contributed by atoms with E-state index in [1.165, 1.54) is 12.1 Å². The van der Waals surface area contributed by atoms with E-state index in [1.807, 2.05) is 36.4 Å². The number of fused-ring (bicyclic) bond motifs is 4. The quantitative estimate of drug-likeness (QED) is 0.238. The molecule has 7 nitrogen and oxygen atoms in total. The van der Waals surface area contributed by atoms with Crippen molar-refractivity contribution in [2.24, 2.45) is 0 Å². The highest BCUT2D eigenvalue weighted by Gasteiger charge is 2.53. The van der Waals surface area contributed by atoms with Crippen molar-refractivity contribution in [3.63, 3.8) is 0 Å². The zero-order valence-corrected chi connectivity index (χ0v) is 22.9. The van der Waals surface area contributed by atoms with Crippen LogP contribution in [0.1, 0.15) is 38.8 Å². The predicted octanol–water partition coefficient (Wildman–Crippen LogP) is 6.37. The van der Waals surface area contributed by atoms with Crippen LogP contribution >= 0.6 is 11.6 Å². The number of halogens is 2. The lowest BCUT2D eigenvalue weighted by Crippen LogP contribution is -2.44. The summed E-state index contributed by atoms with van der Waals surface area (Å²) in [4.78, 5) is 47.9. The fraction of sp³-hybridized carbons (Fsp3) is 0.121. The van der Waals surface area contributed by atoms with Gasteiger partial charge in [0.2, 0.25) is 0 Å². The number of amides is 4. The molecule has 9 heteroatoms. The Balaban J connectivity index is 1.27. The Bertz CT molecular complexity index is 1890. The summed E-state index contributed by atoms with van der Waals surface area (Å²) >= 11 is 6.39. The molecule has 2 aliphatic rings. The second-order valence-corrected chi connectivity index (χ2v) is 10.9. The summed E-state index contributed by atoms with van der Waals surface area (Å²) in [5, 5.41) is 4.34. The molecule has 7 rings (SSSR count). The molecule has 2 atom stereocenters. The highest BCUT2D eigenvalue weighted by molar-refractivity contribution is 6.30. The largest absolute Gasteiger partial charge is 0.356 e. The molecule has 0 radical (unpaired) electrons. The van der Waals surface area contributed by atoms with E-state index in [4.69, 9.17) is 11.6 Å². The number of anilines is 1. The van der Waals surface area contributed by atoms with Gasteiger partial charge in [0.1, 0.15) is 17.9 Å².